The van der Waals surface area contributed by atoms with Crippen molar-refractivity contribution in [2.24, 2.45) is 0 Å². The molecular weight excluding hydrogens is 312 g/mol. The molecule has 4 rings (SSSR count). The van der Waals surface area contributed by atoms with Gasteiger partial charge in [-0.05, 0) is 29.8 Å². The number of nitrogens with zero attached hydrogens (tertiary/aromatic N) is 1. The van der Waals surface area contributed by atoms with E-state index < -0.39 is 0 Å². The summed E-state index contributed by atoms with van der Waals surface area (Å²) in [7, 11) is 1.38. The summed E-state index contributed by atoms with van der Waals surface area (Å²) in [4.78, 5) is 19.8. The summed E-state index contributed by atoms with van der Waals surface area (Å²) in [5.41, 5.74) is 5.36. The Labute approximate surface area is 145 Å². The van der Waals surface area contributed by atoms with E-state index in [2.05, 4.69) is 22.1 Å². The van der Waals surface area contributed by atoms with Crippen molar-refractivity contribution in [2.75, 3.05) is 7.11 Å². The number of methoxy groups -OCH3 is 1. The predicted molar refractivity (Wildman–Crippen MR) is 98.3 cm³/mol. The van der Waals surface area contributed by atoms with Gasteiger partial charge in [-0.1, -0.05) is 42.5 Å². The van der Waals surface area contributed by atoms with Gasteiger partial charge in [0.2, 0.25) is 0 Å². The second-order valence-electron chi connectivity index (χ2n) is 5.71. The van der Waals surface area contributed by atoms with Crippen molar-refractivity contribution in [3.8, 4) is 22.5 Å². The lowest BCUT2D eigenvalue weighted by molar-refractivity contribution is 0.0601. The van der Waals surface area contributed by atoms with Crippen molar-refractivity contribution in [1.29, 1.82) is 0 Å². The molecule has 1 N–H and O–H groups in total. The molecule has 25 heavy (non-hydrogen) atoms. The normalized spacial score (nSPS) is 10.8. The van der Waals surface area contributed by atoms with Gasteiger partial charge in [0.1, 0.15) is 0 Å². The highest BCUT2D eigenvalue weighted by atomic mass is 16.5. The third kappa shape index (κ3) is 2.68. The fourth-order valence-electron chi connectivity index (χ4n) is 3.04. The number of hydrogen-bond donors (Lipinski definition) is 1. The molecule has 2 heterocycles. The number of aromatic nitrogens is 2. The Kier molecular flexibility index (Phi) is 3.78. The SMILES string of the molecule is COC(=O)c1ccc2c(-c3ccccn3)c(-c3ccccc3)[nH]c2c1. The van der Waals surface area contributed by atoms with Gasteiger partial charge in [0, 0.05) is 22.7 Å². The highest BCUT2D eigenvalue weighted by Gasteiger charge is 2.17. The molecule has 0 aliphatic heterocycles. The quantitative estimate of drug-likeness (QED) is 0.555. The van der Waals surface area contributed by atoms with Crippen LogP contribution in [0.1, 0.15) is 10.4 Å². The molecule has 2 aromatic heterocycles. The van der Waals surface area contributed by atoms with Crippen LogP contribution in [0.2, 0.25) is 0 Å². The number of aromatic amines is 1. The Bertz CT molecular complexity index is 1040. The van der Waals surface area contributed by atoms with E-state index in [4.69, 9.17) is 4.74 Å². The van der Waals surface area contributed by atoms with Gasteiger partial charge < -0.3 is 9.72 Å². The van der Waals surface area contributed by atoms with Crippen LogP contribution >= 0.6 is 0 Å². The zero-order valence-corrected chi connectivity index (χ0v) is 13.7. The zero-order chi connectivity index (χ0) is 17.2. The van der Waals surface area contributed by atoms with Gasteiger partial charge in [-0.15, -0.1) is 0 Å². The van der Waals surface area contributed by atoms with E-state index >= 15 is 0 Å². The third-order valence-electron chi connectivity index (χ3n) is 4.20. The molecule has 0 spiro atoms. The van der Waals surface area contributed by atoms with Crippen LogP contribution in [0.5, 0.6) is 0 Å². The van der Waals surface area contributed by atoms with Crippen molar-refractivity contribution in [2.45, 2.75) is 0 Å². The van der Waals surface area contributed by atoms with E-state index in [9.17, 15) is 4.79 Å². The van der Waals surface area contributed by atoms with E-state index in [0.717, 1.165) is 33.4 Å². The molecule has 0 bridgehead atoms. The number of fused-ring (bicyclic) bond motifs is 1. The first-order chi connectivity index (χ1) is 12.3. The number of nitrogens with one attached hydrogen (secondary N) is 1. The standard InChI is InChI=1S/C21H16N2O2/c1-25-21(24)15-10-11-16-18(13-15)23-20(14-7-3-2-4-8-14)19(16)17-9-5-6-12-22-17/h2-13,23H,1H3. The lowest BCUT2D eigenvalue weighted by Crippen LogP contribution is -2.00. The van der Waals surface area contributed by atoms with Crippen LogP contribution in [0.25, 0.3) is 33.4 Å². The molecule has 0 atom stereocenters. The maximum Gasteiger partial charge on any atom is 0.337 e. The van der Waals surface area contributed by atoms with E-state index in [1.807, 2.05) is 48.5 Å². The van der Waals surface area contributed by atoms with Crippen LogP contribution < -0.4 is 0 Å². The lowest BCUT2D eigenvalue weighted by atomic mass is 10.0. The molecule has 2 aromatic carbocycles. The summed E-state index contributed by atoms with van der Waals surface area (Å²) < 4.78 is 4.83. The van der Waals surface area contributed by atoms with Gasteiger partial charge in [-0.2, -0.15) is 0 Å². The minimum atomic E-state index is -0.350. The molecule has 0 radical (unpaired) electrons. The fraction of sp³-hybridized carbons (Fsp3) is 0.0476. The molecule has 0 aliphatic rings. The molecule has 0 saturated carbocycles. The molecule has 0 saturated heterocycles. The topological polar surface area (TPSA) is 55.0 Å². The summed E-state index contributed by atoms with van der Waals surface area (Å²) in [6.07, 6.45) is 1.78. The van der Waals surface area contributed by atoms with Crippen LogP contribution in [-0.2, 0) is 4.74 Å². The molecule has 4 aromatic rings. The first-order valence-corrected chi connectivity index (χ1v) is 7.99. The number of carbonyl (C=O) groups is 1. The minimum Gasteiger partial charge on any atom is -0.465 e. The van der Waals surface area contributed by atoms with Gasteiger partial charge in [0.05, 0.1) is 24.1 Å². The molecule has 0 fully saturated rings. The van der Waals surface area contributed by atoms with Crippen molar-refractivity contribution >= 4 is 16.9 Å². The highest BCUT2D eigenvalue weighted by Crippen LogP contribution is 2.37. The number of carbonyl (C=O) groups excluding carboxylic acids is 1. The zero-order valence-electron chi connectivity index (χ0n) is 13.7. The van der Waals surface area contributed by atoms with Crippen molar-refractivity contribution < 1.29 is 9.53 Å². The van der Waals surface area contributed by atoms with Crippen molar-refractivity contribution in [3.05, 3.63) is 78.5 Å². The lowest BCUT2D eigenvalue weighted by Gasteiger charge is -2.05. The Morgan fingerprint density at radius 3 is 2.52 bits per heavy atom. The predicted octanol–water partition coefficient (Wildman–Crippen LogP) is 4.68. The second-order valence-corrected chi connectivity index (χ2v) is 5.71. The van der Waals surface area contributed by atoms with Gasteiger partial charge in [-0.3, -0.25) is 4.98 Å². The largest absolute Gasteiger partial charge is 0.465 e. The number of ether oxygens (including phenoxy) is 1. The van der Waals surface area contributed by atoms with Crippen LogP contribution in [0.15, 0.2) is 72.9 Å². The summed E-state index contributed by atoms with van der Waals surface area (Å²) in [5.74, 6) is -0.350. The average molecular weight is 328 g/mol. The number of hydrogen-bond acceptors (Lipinski definition) is 3. The highest BCUT2D eigenvalue weighted by molar-refractivity contribution is 6.05. The third-order valence-corrected chi connectivity index (χ3v) is 4.20. The second kappa shape index (κ2) is 6.24. The Morgan fingerprint density at radius 1 is 1.00 bits per heavy atom. The van der Waals surface area contributed by atoms with Crippen LogP contribution in [0.4, 0.5) is 0 Å². The number of rotatable bonds is 3. The summed E-state index contributed by atoms with van der Waals surface area (Å²) in [5, 5.41) is 1.02. The Balaban J connectivity index is 2.01. The number of pyridine rings is 1. The molecular formula is C21H16N2O2. The van der Waals surface area contributed by atoms with E-state index in [-0.39, 0.29) is 5.97 Å². The number of esters is 1. The first-order valence-electron chi connectivity index (χ1n) is 7.99. The van der Waals surface area contributed by atoms with Crippen LogP contribution in [0.3, 0.4) is 0 Å². The minimum absolute atomic E-state index is 0.350. The smallest absolute Gasteiger partial charge is 0.337 e. The molecule has 0 amide bonds. The van der Waals surface area contributed by atoms with Gasteiger partial charge in [-0.25, -0.2) is 4.79 Å². The maximum absolute atomic E-state index is 11.8. The summed E-state index contributed by atoms with van der Waals surface area (Å²) >= 11 is 0. The molecule has 122 valence electrons. The maximum atomic E-state index is 11.8. The van der Waals surface area contributed by atoms with Crippen LogP contribution in [0, 0.1) is 0 Å². The average Bonchev–Trinajstić information content (AvgIpc) is 3.07. The molecule has 4 heteroatoms. The van der Waals surface area contributed by atoms with E-state index in [0.29, 0.717) is 5.56 Å². The Morgan fingerprint density at radius 2 is 1.80 bits per heavy atom. The molecule has 4 nitrogen and oxygen atoms in total. The van der Waals surface area contributed by atoms with Gasteiger partial charge in [0.15, 0.2) is 0 Å². The van der Waals surface area contributed by atoms with E-state index in [1.54, 1.807) is 12.3 Å². The molecule has 0 aliphatic carbocycles. The Hall–Kier alpha value is -3.40. The summed E-state index contributed by atoms with van der Waals surface area (Å²) in [6, 6.07) is 21.5. The van der Waals surface area contributed by atoms with Crippen LogP contribution in [-0.4, -0.2) is 23.0 Å². The molecule has 0 unspecified atom stereocenters. The van der Waals surface area contributed by atoms with Gasteiger partial charge >= 0.3 is 5.97 Å². The first kappa shape index (κ1) is 15.1. The number of H-pyrrole nitrogens is 1. The van der Waals surface area contributed by atoms with Crippen molar-refractivity contribution in [3.63, 3.8) is 0 Å². The number of benzene rings is 2. The van der Waals surface area contributed by atoms with Gasteiger partial charge in [0.25, 0.3) is 0 Å². The summed E-state index contributed by atoms with van der Waals surface area (Å²) in [6.45, 7) is 0. The van der Waals surface area contributed by atoms with E-state index in [1.165, 1.54) is 7.11 Å². The van der Waals surface area contributed by atoms with Crippen molar-refractivity contribution in [1.82, 2.24) is 9.97 Å². The monoisotopic (exact) mass is 328 g/mol. The fourth-order valence-corrected chi connectivity index (χ4v) is 3.04.